The van der Waals surface area contributed by atoms with Gasteiger partial charge in [-0.15, -0.1) is 0 Å². The summed E-state index contributed by atoms with van der Waals surface area (Å²) in [4.78, 5) is 10.0. The Morgan fingerprint density at radius 2 is 1.16 bits per heavy atom. The highest BCUT2D eigenvalue weighted by Crippen LogP contribution is 2.49. The van der Waals surface area contributed by atoms with Crippen LogP contribution in [-0.4, -0.2) is 9.97 Å². The fourth-order valence-corrected chi connectivity index (χ4v) is 7.56. The highest BCUT2D eigenvalue weighted by Gasteiger charge is 2.37. The van der Waals surface area contributed by atoms with Crippen LogP contribution in [0.2, 0.25) is 0 Å². The summed E-state index contributed by atoms with van der Waals surface area (Å²) < 4.78 is 13.1. The Labute approximate surface area is 258 Å². The first-order chi connectivity index (χ1) is 22.1. The van der Waals surface area contributed by atoms with Crippen molar-refractivity contribution in [2.24, 2.45) is 0 Å². The fraction of sp³-hybridized carbons (Fsp3) is 0.0732. The van der Waals surface area contributed by atoms with Crippen molar-refractivity contribution in [2.75, 3.05) is 0 Å². The second-order valence-electron chi connectivity index (χ2n) is 12.5. The summed E-state index contributed by atoms with van der Waals surface area (Å²) in [7, 11) is 0. The molecular formula is C41H26N2O2. The summed E-state index contributed by atoms with van der Waals surface area (Å²) in [6.07, 6.45) is 1.86. The van der Waals surface area contributed by atoms with Crippen LogP contribution < -0.4 is 0 Å². The van der Waals surface area contributed by atoms with Gasteiger partial charge in [0.2, 0.25) is 0 Å². The SMILES string of the molecule is CC1(C)c2cccnc2-c2nc(-c3ccc(-c4cc5c6ccccc6oc5c5c4oc4ccccc45)c4ccccc34)ccc21. The Kier molecular flexibility index (Phi) is 4.76. The van der Waals surface area contributed by atoms with Crippen molar-refractivity contribution in [3.05, 3.63) is 133 Å². The Bertz CT molecular complexity index is 2690. The largest absolute Gasteiger partial charge is 0.455 e. The summed E-state index contributed by atoms with van der Waals surface area (Å²) in [6.45, 7) is 4.51. The second-order valence-corrected chi connectivity index (χ2v) is 12.5. The number of benzene rings is 5. The van der Waals surface area contributed by atoms with E-state index in [0.717, 1.165) is 88.4 Å². The maximum absolute atomic E-state index is 6.63. The smallest absolute Gasteiger partial charge is 0.147 e. The molecule has 4 aromatic heterocycles. The number of rotatable bonds is 2. The molecule has 9 aromatic rings. The number of hydrogen-bond donors (Lipinski definition) is 0. The lowest BCUT2D eigenvalue weighted by Gasteiger charge is -2.20. The minimum Gasteiger partial charge on any atom is -0.455 e. The molecule has 5 aromatic carbocycles. The molecule has 0 saturated carbocycles. The van der Waals surface area contributed by atoms with E-state index >= 15 is 0 Å². The fourth-order valence-electron chi connectivity index (χ4n) is 7.56. The zero-order chi connectivity index (χ0) is 29.9. The normalized spacial score (nSPS) is 13.7. The summed E-state index contributed by atoms with van der Waals surface area (Å²) in [5.41, 5.74) is 11.9. The van der Waals surface area contributed by atoms with E-state index < -0.39 is 0 Å². The molecule has 4 heteroatoms. The third-order valence-corrected chi connectivity index (χ3v) is 9.75. The van der Waals surface area contributed by atoms with Crippen LogP contribution >= 0.6 is 0 Å². The van der Waals surface area contributed by atoms with Gasteiger partial charge in [-0.25, -0.2) is 4.98 Å². The molecule has 4 nitrogen and oxygen atoms in total. The van der Waals surface area contributed by atoms with Crippen molar-refractivity contribution in [3.8, 4) is 33.8 Å². The van der Waals surface area contributed by atoms with Crippen LogP contribution in [-0.2, 0) is 5.41 Å². The monoisotopic (exact) mass is 578 g/mol. The minimum atomic E-state index is -0.135. The third kappa shape index (κ3) is 3.26. The van der Waals surface area contributed by atoms with Crippen molar-refractivity contribution < 1.29 is 8.83 Å². The number of pyridine rings is 2. The number of nitrogens with zero attached hydrogens (tertiary/aromatic N) is 2. The van der Waals surface area contributed by atoms with E-state index in [4.69, 9.17) is 18.8 Å². The summed E-state index contributed by atoms with van der Waals surface area (Å²) >= 11 is 0. The summed E-state index contributed by atoms with van der Waals surface area (Å²) in [5.74, 6) is 0. The zero-order valence-corrected chi connectivity index (χ0v) is 24.8. The van der Waals surface area contributed by atoms with E-state index in [9.17, 15) is 0 Å². The van der Waals surface area contributed by atoms with Crippen molar-refractivity contribution in [3.63, 3.8) is 0 Å². The lowest BCUT2D eigenvalue weighted by molar-refractivity contribution is 0.658. The molecular weight excluding hydrogens is 552 g/mol. The van der Waals surface area contributed by atoms with Gasteiger partial charge in [0.25, 0.3) is 0 Å². The van der Waals surface area contributed by atoms with Gasteiger partial charge in [0.1, 0.15) is 22.3 Å². The first-order valence-electron chi connectivity index (χ1n) is 15.3. The number of hydrogen-bond acceptors (Lipinski definition) is 4. The number of aromatic nitrogens is 2. The van der Waals surface area contributed by atoms with Crippen LogP contribution in [0.25, 0.3) is 88.4 Å². The van der Waals surface area contributed by atoms with Crippen molar-refractivity contribution >= 4 is 54.6 Å². The molecule has 0 amide bonds. The Morgan fingerprint density at radius 1 is 0.511 bits per heavy atom. The Balaban J connectivity index is 1.25. The van der Waals surface area contributed by atoms with Gasteiger partial charge in [-0.3, -0.25) is 4.98 Å². The lowest BCUT2D eigenvalue weighted by atomic mass is 9.83. The van der Waals surface area contributed by atoms with Crippen molar-refractivity contribution in [1.82, 2.24) is 9.97 Å². The summed E-state index contributed by atoms with van der Waals surface area (Å²) in [6, 6.07) is 40.3. The van der Waals surface area contributed by atoms with Gasteiger partial charge in [0, 0.05) is 38.9 Å². The topological polar surface area (TPSA) is 52.1 Å². The molecule has 45 heavy (non-hydrogen) atoms. The molecule has 0 N–H and O–H groups in total. The van der Waals surface area contributed by atoms with Crippen molar-refractivity contribution in [2.45, 2.75) is 19.3 Å². The maximum Gasteiger partial charge on any atom is 0.147 e. The van der Waals surface area contributed by atoms with Crippen LogP contribution in [0.5, 0.6) is 0 Å². The molecule has 0 aliphatic heterocycles. The second kappa shape index (κ2) is 8.67. The predicted molar refractivity (Wildman–Crippen MR) is 183 cm³/mol. The van der Waals surface area contributed by atoms with E-state index in [0.29, 0.717) is 0 Å². The van der Waals surface area contributed by atoms with Gasteiger partial charge >= 0.3 is 0 Å². The van der Waals surface area contributed by atoms with E-state index in [2.05, 4.69) is 98.8 Å². The third-order valence-electron chi connectivity index (χ3n) is 9.75. The average molecular weight is 579 g/mol. The number of furan rings is 2. The highest BCUT2D eigenvalue weighted by atomic mass is 16.3. The van der Waals surface area contributed by atoms with Gasteiger partial charge in [0.05, 0.1) is 22.5 Å². The van der Waals surface area contributed by atoms with Crippen LogP contribution in [0, 0.1) is 0 Å². The van der Waals surface area contributed by atoms with E-state index in [1.165, 1.54) is 11.1 Å². The van der Waals surface area contributed by atoms with E-state index in [-0.39, 0.29) is 5.41 Å². The van der Waals surface area contributed by atoms with Gasteiger partial charge in [-0.1, -0.05) is 98.8 Å². The van der Waals surface area contributed by atoms with Crippen LogP contribution in [0.15, 0.2) is 130 Å². The van der Waals surface area contributed by atoms with Gasteiger partial charge in [0.15, 0.2) is 0 Å². The maximum atomic E-state index is 6.63. The lowest BCUT2D eigenvalue weighted by Crippen LogP contribution is -2.15. The van der Waals surface area contributed by atoms with Gasteiger partial charge in [-0.2, -0.15) is 0 Å². The van der Waals surface area contributed by atoms with Crippen LogP contribution in [0.4, 0.5) is 0 Å². The first kappa shape index (κ1) is 24.7. The molecule has 0 bridgehead atoms. The summed E-state index contributed by atoms with van der Waals surface area (Å²) in [5, 5.41) is 6.53. The molecule has 1 aliphatic carbocycles. The zero-order valence-electron chi connectivity index (χ0n) is 24.8. The van der Waals surface area contributed by atoms with Crippen LogP contribution in [0.3, 0.4) is 0 Å². The molecule has 4 heterocycles. The Morgan fingerprint density at radius 3 is 1.98 bits per heavy atom. The van der Waals surface area contributed by atoms with E-state index in [1.54, 1.807) is 0 Å². The molecule has 212 valence electrons. The van der Waals surface area contributed by atoms with E-state index in [1.807, 2.05) is 36.5 Å². The van der Waals surface area contributed by atoms with Crippen LogP contribution in [0.1, 0.15) is 25.0 Å². The van der Waals surface area contributed by atoms with Crippen molar-refractivity contribution in [1.29, 1.82) is 0 Å². The van der Waals surface area contributed by atoms with Gasteiger partial charge in [-0.05, 0) is 57.8 Å². The molecule has 0 saturated heterocycles. The molecule has 0 fully saturated rings. The number of para-hydroxylation sites is 2. The minimum absolute atomic E-state index is 0.135. The standard InChI is InChI=1S/C41H26N2O2/c1-41(2)31-14-9-21-42-37(31)38-32(41)19-20-33(43-38)26-18-17-25(23-10-3-4-11-24(23)26)29-22-30-27-12-5-7-15-34(27)44-40(30)36-28-13-6-8-16-35(28)45-39(29)36/h3-22H,1-2H3. The highest BCUT2D eigenvalue weighted by molar-refractivity contribution is 6.26. The molecule has 0 radical (unpaired) electrons. The quantitative estimate of drug-likeness (QED) is 0.205. The molecule has 0 unspecified atom stereocenters. The molecule has 0 atom stereocenters. The predicted octanol–water partition coefficient (Wildman–Crippen LogP) is 11.1. The molecule has 0 spiro atoms. The number of fused-ring (bicyclic) bond motifs is 11. The molecule has 1 aliphatic rings. The average Bonchev–Trinajstić information content (AvgIpc) is 3.72. The Hall–Kier alpha value is -5.74. The molecule has 10 rings (SSSR count). The van der Waals surface area contributed by atoms with Gasteiger partial charge < -0.3 is 8.83 Å². The first-order valence-corrected chi connectivity index (χ1v) is 15.3.